The maximum Gasteiger partial charge on any atom is 0.409 e. The molecule has 0 spiro atoms. The van der Waals surface area contributed by atoms with Crippen LogP contribution in [-0.4, -0.2) is 70.9 Å². The Morgan fingerprint density at radius 2 is 1.75 bits per heavy atom. The smallest absolute Gasteiger partial charge is 0.409 e. The molecule has 2 aromatic carbocycles. The molecule has 1 aliphatic heterocycles. The fourth-order valence-corrected chi connectivity index (χ4v) is 6.47. The largest absolute Gasteiger partial charge is 0.495 e. The predicted octanol–water partition coefficient (Wildman–Crippen LogP) is 5.24. The van der Waals surface area contributed by atoms with Crippen LogP contribution in [0.4, 0.5) is 10.5 Å². The zero-order chi connectivity index (χ0) is 27.9. The van der Waals surface area contributed by atoms with E-state index in [9.17, 15) is 13.8 Å². The molecule has 1 aliphatic carbocycles. The van der Waals surface area contributed by atoms with Crippen LogP contribution < -0.4 is 9.46 Å². The molecule has 1 aromatic heterocycles. The number of anilines is 1. The summed E-state index contributed by atoms with van der Waals surface area (Å²) < 4.78 is 27.2. The Balaban J connectivity index is 1.15. The molecule has 10 heteroatoms. The van der Waals surface area contributed by atoms with Crippen LogP contribution in [0.5, 0.6) is 5.75 Å². The number of hydrogen-bond donors (Lipinski definition) is 1. The van der Waals surface area contributed by atoms with Gasteiger partial charge in [0.25, 0.3) is 5.91 Å². The lowest BCUT2D eigenvalue weighted by Crippen LogP contribution is -2.50. The van der Waals surface area contributed by atoms with E-state index in [-0.39, 0.29) is 12.0 Å². The number of carbonyl (C=O) groups excluding carboxylic acids is 2. The van der Waals surface area contributed by atoms with Crippen molar-refractivity contribution in [1.29, 1.82) is 0 Å². The average molecular weight is 565 g/mol. The fraction of sp³-hybridized carbons (Fsp3) is 0.433. The summed E-state index contributed by atoms with van der Waals surface area (Å²) in [5.74, 6) is 0.937. The third kappa shape index (κ3) is 6.55. The Hall–Kier alpha value is -3.66. The summed E-state index contributed by atoms with van der Waals surface area (Å²) in [5.41, 5.74) is 1.63. The highest BCUT2D eigenvalue weighted by Gasteiger charge is 2.26. The minimum atomic E-state index is -1.59. The van der Waals surface area contributed by atoms with E-state index in [0.29, 0.717) is 66.1 Å². The Labute approximate surface area is 237 Å². The van der Waals surface area contributed by atoms with Crippen molar-refractivity contribution in [2.75, 3.05) is 44.6 Å². The Bertz CT molecular complexity index is 1360. The second-order valence-corrected chi connectivity index (χ2v) is 11.5. The fourth-order valence-electron chi connectivity index (χ4n) is 5.44. The van der Waals surface area contributed by atoms with Crippen LogP contribution >= 0.6 is 0 Å². The third-order valence-corrected chi connectivity index (χ3v) is 8.88. The van der Waals surface area contributed by atoms with Crippen LogP contribution in [0.25, 0.3) is 10.9 Å². The number of methoxy groups -OCH3 is 1. The van der Waals surface area contributed by atoms with Crippen molar-refractivity contribution in [2.45, 2.75) is 43.4 Å². The van der Waals surface area contributed by atoms with E-state index in [1.54, 1.807) is 40.3 Å². The van der Waals surface area contributed by atoms with E-state index < -0.39 is 11.0 Å². The van der Waals surface area contributed by atoms with Gasteiger partial charge in [0.1, 0.15) is 5.75 Å². The van der Waals surface area contributed by atoms with Crippen LogP contribution in [0.15, 0.2) is 59.6 Å². The molecule has 2 fully saturated rings. The first kappa shape index (κ1) is 27.9. The number of piperazine rings is 1. The Morgan fingerprint density at radius 3 is 2.52 bits per heavy atom. The van der Waals surface area contributed by atoms with Crippen LogP contribution in [0, 0.1) is 5.92 Å². The van der Waals surface area contributed by atoms with Gasteiger partial charge in [0.05, 0.1) is 29.8 Å². The molecule has 0 radical (unpaired) electrons. The average Bonchev–Trinajstić information content (AvgIpc) is 3.01. The molecule has 1 N–H and O–H groups in total. The molecule has 1 saturated carbocycles. The summed E-state index contributed by atoms with van der Waals surface area (Å²) in [6, 6.07) is 14.3. The molecule has 5 rings (SSSR count). The van der Waals surface area contributed by atoms with Crippen molar-refractivity contribution in [3.05, 3.63) is 60.3 Å². The maximum atomic E-state index is 13.2. The SMILES string of the molecule is COc1cc(C(=O)N2CCN(C(=O)OCCC3CCCCC3)CC2)ccc1NS(=O)c1cccc2cccnc12. The molecule has 0 bridgehead atoms. The van der Waals surface area contributed by atoms with Gasteiger partial charge >= 0.3 is 6.09 Å². The second kappa shape index (κ2) is 13.1. The van der Waals surface area contributed by atoms with Gasteiger partial charge in [-0.2, -0.15) is 0 Å². The number of nitrogens with zero attached hydrogens (tertiary/aromatic N) is 3. The number of para-hydroxylation sites is 1. The van der Waals surface area contributed by atoms with Crippen molar-refractivity contribution in [2.24, 2.45) is 5.92 Å². The van der Waals surface area contributed by atoms with Crippen molar-refractivity contribution in [3.63, 3.8) is 0 Å². The highest BCUT2D eigenvalue weighted by atomic mass is 32.2. The van der Waals surface area contributed by atoms with Gasteiger partial charge in [0, 0.05) is 43.3 Å². The van der Waals surface area contributed by atoms with Gasteiger partial charge in [-0.1, -0.05) is 50.3 Å². The molecule has 9 nitrogen and oxygen atoms in total. The molecular formula is C30H36N4O5S. The highest BCUT2D eigenvalue weighted by Crippen LogP contribution is 2.29. The standard InChI is InChI=1S/C30H36N4O5S/c1-38-26-21-24(12-13-25(26)32-40(37)27-11-5-9-23-10-6-15-31-28(23)27)29(35)33-16-18-34(19-17-33)30(36)39-20-14-22-7-3-2-4-8-22/h5-6,9-13,15,21-22,32H,2-4,7-8,14,16-20H2,1H3. The number of benzene rings is 2. The van der Waals surface area contributed by atoms with Crippen LogP contribution in [-0.2, 0) is 15.7 Å². The number of nitrogens with one attached hydrogen (secondary N) is 1. The summed E-state index contributed by atoms with van der Waals surface area (Å²) in [6.07, 6.45) is 8.66. The first-order valence-corrected chi connectivity index (χ1v) is 15.1. The highest BCUT2D eigenvalue weighted by molar-refractivity contribution is 7.86. The summed E-state index contributed by atoms with van der Waals surface area (Å²) >= 11 is 0. The number of ether oxygens (including phenoxy) is 2. The van der Waals surface area contributed by atoms with E-state index >= 15 is 0 Å². The van der Waals surface area contributed by atoms with Gasteiger partial charge < -0.3 is 19.3 Å². The number of pyridine rings is 1. The van der Waals surface area contributed by atoms with Gasteiger partial charge in [0.2, 0.25) is 0 Å². The minimum Gasteiger partial charge on any atom is -0.495 e. The summed E-state index contributed by atoms with van der Waals surface area (Å²) in [7, 11) is -0.0829. The Kier molecular flexibility index (Phi) is 9.15. The van der Waals surface area contributed by atoms with Crippen molar-refractivity contribution in [3.8, 4) is 5.75 Å². The molecule has 1 unspecified atom stereocenters. The predicted molar refractivity (Wildman–Crippen MR) is 155 cm³/mol. The van der Waals surface area contributed by atoms with E-state index in [0.717, 1.165) is 11.8 Å². The van der Waals surface area contributed by atoms with E-state index in [1.165, 1.54) is 39.2 Å². The van der Waals surface area contributed by atoms with Gasteiger partial charge in [-0.3, -0.25) is 14.5 Å². The normalized spacial score (nSPS) is 16.9. The van der Waals surface area contributed by atoms with Gasteiger partial charge in [-0.25, -0.2) is 9.00 Å². The lowest BCUT2D eigenvalue weighted by molar-refractivity contribution is 0.0543. The third-order valence-electron chi connectivity index (χ3n) is 7.75. The van der Waals surface area contributed by atoms with Crippen molar-refractivity contribution in [1.82, 2.24) is 14.8 Å². The number of aromatic nitrogens is 1. The molecule has 40 heavy (non-hydrogen) atoms. The molecule has 212 valence electrons. The molecular weight excluding hydrogens is 528 g/mol. The quantitative estimate of drug-likeness (QED) is 0.402. The molecule has 2 aliphatic rings. The number of fused-ring (bicyclic) bond motifs is 1. The van der Waals surface area contributed by atoms with Crippen LogP contribution in [0.2, 0.25) is 0 Å². The van der Waals surface area contributed by atoms with Crippen molar-refractivity contribution < 1.29 is 23.3 Å². The van der Waals surface area contributed by atoms with Crippen LogP contribution in [0.3, 0.4) is 0 Å². The number of carbonyl (C=O) groups is 2. The molecule has 1 atom stereocenters. The topological polar surface area (TPSA) is 101 Å². The molecule has 3 aromatic rings. The second-order valence-electron chi connectivity index (χ2n) is 10.3. The number of rotatable bonds is 8. The molecule has 2 amide bonds. The lowest BCUT2D eigenvalue weighted by Gasteiger charge is -2.34. The molecule has 2 heterocycles. The van der Waals surface area contributed by atoms with Gasteiger partial charge in [-0.05, 0) is 42.7 Å². The lowest BCUT2D eigenvalue weighted by atomic mass is 9.87. The van der Waals surface area contributed by atoms with E-state index in [2.05, 4.69) is 9.71 Å². The molecule has 1 saturated heterocycles. The zero-order valence-corrected chi connectivity index (χ0v) is 23.7. The number of hydrogen-bond acceptors (Lipinski definition) is 6. The number of amides is 2. The Morgan fingerprint density at radius 1 is 1.00 bits per heavy atom. The first-order chi connectivity index (χ1) is 19.5. The van der Waals surface area contributed by atoms with E-state index in [1.807, 2.05) is 24.3 Å². The summed E-state index contributed by atoms with van der Waals surface area (Å²) in [6.45, 7) is 2.18. The summed E-state index contributed by atoms with van der Waals surface area (Å²) in [4.78, 5) is 34.1. The first-order valence-electron chi connectivity index (χ1n) is 13.9. The van der Waals surface area contributed by atoms with Crippen molar-refractivity contribution >= 4 is 39.6 Å². The van der Waals surface area contributed by atoms with Gasteiger partial charge in [-0.15, -0.1) is 0 Å². The van der Waals surface area contributed by atoms with Gasteiger partial charge in [0.15, 0.2) is 11.0 Å². The minimum absolute atomic E-state index is 0.144. The van der Waals surface area contributed by atoms with Crippen LogP contribution in [0.1, 0.15) is 48.9 Å². The summed E-state index contributed by atoms with van der Waals surface area (Å²) in [5, 5.41) is 0.899. The zero-order valence-electron chi connectivity index (χ0n) is 22.8. The maximum absolute atomic E-state index is 13.2. The van der Waals surface area contributed by atoms with E-state index in [4.69, 9.17) is 9.47 Å². The monoisotopic (exact) mass is 564 g/mol.